The molecule has 2 heterocycles. The molecule has 3 rings (SSSR count). The first-order valence-electron chi connectivity index (χ1n) is 14.8. The molecular weight excluding hydrogens is 475 g/mol. The van der Waals surface area contributed by atoms with E-state index < -0.39 is 30.5 Å². The number of carboxylic acid groups (broad SMARTS) is 1. The summed E-state index contributed by atoms with van der Waals surface area (Å²) in [6, 6.07) is 0. The lowest BCUT2D eigenvalue weighted by molar-refractivity contribution is -0.352. The van der Waals surface area contributed by atoms with Crippen molar-refractivity contribution in [1.82, 2.24) is 0 Å². The lowest BCUT2D eigenvalue weighted by Crippen LogP contribution is -2.51. The highest BCUT2D eigenvalue weighted by Crippen LogP contribution is 2.38. The standard InChI is InChI=1S/C30H49FO6/c1-2-3-4-5-6-8-15-24-19-20-26(31)25(24)16-9-7-12-21-30(29(32)33,36-27-17-10-13-22-34-27)37-28-18-11-14-23-35-28/h7-9,15,24-28H,2-6,10-14,16-23H2,1H3,(H,32,33)/b9-7-,15-8+/t24-,25+,26-,27?,28?,30?/m0/s1. The highest BCUT2D eigenvalue weighted by molar-refractivity contribution is 5.75. The molecule has 3 aliphatic rings. The van der Waals surface area contributed by atoms with Crippen molar-refractivity contribution >= 4 is 5.97 Å². The molecule has 6 nitrogen and oxygen atoms in total. The molecule has 0 bridgehead atoms. The van der Waals surface area contributed by atoms with Crippen LogP contribution in [0.5, 0.6) is 0 Å². The molecule has 0 aromatic carbocycles. The van der Waals surface area contributed by atoms with E-state index >= 15 is 0 Å². The summed E-state index contributed by atoms with van der Waals surface area (Å²) in [4.78, 5) is 12.5. The number of halogens is 1. The van der Waals surface area contributed by atoms with Gasteiger partial charge in [0.1, 0.15) is 6.17 Å². The minimum atomic E-state index is -1.83. The largest absolute Gasteiger partial charge is 0.477 e. The number of allylic oxidation sites excluding steroid dienone is 4. The molecule has 0 spiro atoms. The SMILES string of the molecule is CCCCCC/C=C/[C@H]1CC[C@H](F)[C@@H]1C/C=C\CCC(OC1CCCCO1)(OC1CCCCO1)C(=O)O. The molecule has 0 radical (unpaired) electrons. The molecule has 2 unspecified atom stereocenters. The van der Waals surface area contributed by atoms with Crippen LogP contribution in [0.4, 0.5) is 4.39 Å². The minimum Gasteiger partial charge on any atom is -0.477 e. The molecule has 3 fully saturated rings. The Morgan fingerprint density at radius 3 is 2.22 bits per heavy atom. The monoisotopic (exact) mass is 524 g/mol. The van der Waals surface area contributed by atoms with Gasteiger partial charge < -0.3 is 24.1 Å². The fourth-order valence-electron chi connectivity index (χ4n) is 5.60. The van der Waals surface area contributed by atoms with Gasteiger partial charge in [0.25, 0.3) is 5.79 Å². The molecule has 212 valence electrons. The van der Waals surface area contributed by atoms with Gasteiger partial charge in [-0.3, -0.25) is 0 Å². The quantitative estimate of drug-likeness (QED) is 0.128. The van der Waals surface area contributed by atoms with Crippen LogP contribution in [0.3, 0.4) is 0 Å². The molecule has 0 amide bonds. The summed E-state index contributed by atoms with van der Waals surface area (Å²) in [5, 5.41) is 10.2. The van der Waals surface area contributed by atoms with Gasteiger partial charge in [-0.25, -0.2) is 9.18 Å². The zero-order chi connectivity index (χ0) is 26.3. The predicted octanol–water partition coefficient (Wildman–Crippen LogP) is 7.47. The second kappa shape index (κ2) is 16.6. The van der Waals surface area contributed by atoms with Crippen molar-refractivity contribution in [1.29, 1.82) is 0 Å². The number of hydrogen-bond acceptors (Lipinski definition) is 5. The van der Waals surface area contributed by atoms with Crippen LogP contribution in [-0.4, -0.2) is 48.8 Å². The Kier molecular flexibility index (Phi) is 13.6. The van der Waals surface area contributed by atoms with Crippen LogP contribution >= 0.6 is 0 Å². The summed E-state index contributed by atoms with van der Waals surface area (Å²) in [6.45, 7) is 3.33. The first-order valence-corrected chi connectivity index (χ1v) is 14.8. The lowest BCUT2D eigenvalue weighted by atomic mass is 9.91. The first kappa shape index (κ1) is 30.3. The number of alkyl halides is 1. The molecule has 1 aliphatic carbocycles. The van der Waals surface area contributed by atoms with Gasteiger partial charge in [-0.05, 0) is 88.9 Å². The molecule has 0 aromatic heterocycles. The number of carboxylic acids is 1. The van der Waals surface area contributed by atoms with Gasteiger partial charge >= 0.3 is 5.97 Å². The van der Waals surface area contributed by atoms with Crippen molar-refractivity contribution in [2.45, 2.75) is 134 Å². The second-order valence-corrected chi connectivity index (χ2v) is 10.8. The molecule has 37 heavy (non-hydrogen) atoms. The topological polar surface area (TPSA) is 74.2 Å². The number of aliphatic carboxylic acids is 1. The Labute approximate surface area is 223 Å². The first-order chi connectivity index (χ1) is 18.0. The maximum Gasteiger partial charge on any atom is 0.364 e. The molecule has 1 N–H and O–H groups in total. The normalized spacial score (nSPS) is 30.7. The van der Waals surface area contributed by atoms with E-state index in [0.717, 1.165) is 38.5 Å². The van der Waals surface area contributed by atoms with Crippen molar-refractivity contribution in [3.63, 3.8) is 0 Å². The molecular formula is C30H49FO6. The van der Waals surface area contributed by atoms with Crippen LogP contribution in [0, 0.1) is 11.8 Å². The van der Waals surface area contributed by atoms with Crippen molar-refractivity contribution < 1.29 is 33.2 Å². The minimum absolute atomic E-state index is 0.00819. The van der Waals surface area contributed by atoms with Crippen molar-refractivity contribution in [2.75, 3.05) is 13.2 Å². The highest BCUT2D eigenvalue weighted by atomic mass is 19.1. The van der Waals surface area contributed by atoms with E-state index in [2.05, 4.69) is 19.1 Å². The Balaban J connectivity index is 1.54. The van der Waals surface area contributed by atoms with E-state index in [1.807, 2.05) is 12.2 Å². The van der Waals surface area contributed by atoms with Gasteiger partial charge in [-0.2, -0.15) is 0 Å². The summed E-state index contributed by atoms with van der Waals surface area (Å²) in [5.41, 5.74) is 0. The van der Waals surface area contributed by atoms with Gasteiger partial charge in [-0.1, -0.05) is 50.5 Å². The third-order valence-corrected chi connectivity index (χ3v) is 7.86. The highest BCUT2D eigenvalue weighted by Gasteiger charge is 2.46. The molecule has 7 heteroatoms. The van der Waals surface area contributed by atoms with E-state index in [-0.39, 0.29) is 18.3 Å². The van der Waals surface area contributed by atoms with E-state index in [0.29, 0.717) is 45.3 Å². The number of ether oxygens (including phenoxy) is 4. The number of carbonyl (C=O) groups is 1. The van der Waals surface area contributed by atoms with Crippen molar-refractivity contribution in [3.05, 3.63) is 24.3 Å². The van der Waals surface area contributed by atoms with Crippen LogP contribution in [-0.2, 0) is 23.7 Å². The smallest absolute Gasteiger partial charge is 0.364 e. The summed E-state index contributed by atoms with van der Waals surface area (Å²) in [6.07, 6.45) is 20.3. The third-order valence-electron chi connectivity index (χ3n) is 7.86. The fourth-order valence-corrected chi connectivity index (χ4v) is 5.60. The Morgan fingerprint density at radius 1 is 0.919 bits per heavy atom. The zero-order valence-electron chi connectivity index (χ0n) is 22.8. The maximum absolute atomic E-state index is 14.6. The molecule has 5 atom stereocenters. The van der Waals surface area contributed by atoms with Gasteiger partial charge in [0.2, 0.25) is 0 Å². The predicted molar refractivity (Wildman–Crippen MR) is 142 cm³/mol. The second-order valence-electron chi connectivity index (χ2n) is 10.8. The average molecular weight is 525 g/mol. The zero-order valence-corrected chi connectivity index (χ0v) is 22.8. The van der Waals surface area contributed by atoms with Crippen molar-refractivity contribution in [3.8, 4) is 0 Å². The summed E-state index contributed by atoms with van der Waals surface area (Å²) in [7, 11) is 0. The Morgan fingerprint density at radius 2 is 1.62 bits per heavy atom. The van der Waals surface area contributed by atoms with Crippen LogP contribution in [0.2, 0.25) is 0 Å². The van der Waals surface area contributed by atoms with Crippen LogP contribution in [0.15, 0.2) is 24.3 Å². The number of unbranched alkanes of at least 4 members (excludes halogenated alkanes) is 4. The van der Waals surface area contributed by atoms with Crippen LogP contribution < -0.4 is 0 Å². The van der Waals surface area contributed by atoms with E-state index in [1.165, 1.54) is 25.7 Å². The summed E-state index contributed by atoms with van der Waals surface area (Å²) >= 11 is 0. The van der Waals surface area contributed by atoms with Gasteiger partial charge in [0.05, 0.1) is 0 Å². The van der Waals surface area contributed by atoms with Crippen LogP contribution in [0.1, 0.15) is 110 Å². The summed E-state index contributed by atoms with van der Waals surface area (Å²) in [5.74, 6) is -2.71. The molecule has 0 aromatic rings. The van der Waals surface area contributed by atoms with Gasteiger partial charge in [0.15, 0.2) is 12.6 Å². The maximum atomic E-state index is 14.6. The fraction of sp³-hybridized carbons (Fsp3) is 0.833. The lowest BCUT2D eigenvalue weighted by Gasteiger charge is -2.37. The molecule has 2 saturated heterocycles. The van der Waals surface area contributed by atoms with E-state index in [4.69, 9.17) is 18.9 Å². The van der Waals surface area contributed by atoms with Gasteiger partial charge in [-0.15, -0.1) is 0 Å². The van der Waals surface area contributed by atoms with Crippen LogP contribution in [0.25, 0.3) is 0 Å². The molecule has 2 aliphatic heterocycles. The summed E-state index contributed by atoms with van der Waals surface area (Å²) < 4.78 is 38.0. The average Bonchev–Trinajstić information content (AvgIpc) is 3.25. The number of hydrogen-bond donors (Lipinski definition) is 1. The third kappa shape index (κ3) is 10.1. The number of rotatable bonds is 16. The molecule has 1 saturated carbocycles. The van der Waals surface area contributed by atoms with E-state index in [9.17, 15) is 14.3 Å². The Bertz CT molecular complexity index is 678. The van der Waals surface area contributed by atoms with Crippen molar-refractivity contribution in [2.24, 2.45) is 11.8 Å². The van der Waals surface area contributed by atoms with E-state index in [1.54, 1.807) is 0 Å². The Hall–Kier alpha value is -1.28. The van der Waals surface area contributed by atoms with Gasteiger partial charge in [0, 0.05) is 19.6 Å².